The molecule has 6 aromatic rings. The van der Waals surface area contributed by atoms with Crippen LogP contribution in [0.5, 0.6) is 0 Å². The molecular weight excluding hydrogens is 709 g/mol. The van der Waals surface area contributed by atoms with E-state index in [1.165, 1.54) is 32.6 Å². The van der Waals surface area contributed by atoms with Crippen molar-refractivity contribution in [3.8, 4) is 22.5 Å². The second kappa shape index (κ2) is 12.5. The first kappa shape index (κ1) is 31.6. The van der Waals surface area contributed by atoms with E-state index in [9.17, 15) is 0 Å². The van der Waals surface area contributed by atoms with Gasteiger partial charge in [0, 0.05) is 46.0 Å². The third kappa shape index (κ3) is 6.65. The van der Waals surface area contributed by atoms with Crippen molar-refractivity contribution in [1.29, 1.82) is 0 Å². The zero-order chi connectivity index (χ0) is 29.4. The molecule has 1 radical (unpaired) electrons. The Bertz CT molecular complexity index is 1830. The molecule has 0 spiro atoms. The maximum Gasteiger partial charge on any atom is 0.120 e. The maximum absolute atomic E-state index is 6.35. The Hall–Kier alpha value is -3.37. The second-order valence-corrected chi connectivity index (χ2v) is 17.8. The molecule has 0 aliphatic carbocycles. The monoisotopic (exact) mass is 747 g/mol. The molecule has 0 bridgehead atoms. The first-order valence-corrected chi connectivity index (χ1v) is 17.7. The summed E-state index contributed by atoms with van der Waals surface area (Å²) in [7, 11) is -1.56. The molecule has 0 N–H and O–H groups in total. The summed E-state index contributed by atoms with van der Waals surface area (Å²) in [5.41, 5.74) is 9.60. The van der Waals surface area contributed by atoms with Crippen molar-refractivity contribution in [3.05, 3.63) is 114 Å². The Morgan fingerprint density at radius 2 is 1.55 bits per heavy atom. The van der Waals surface area contributed by atoms with E-state index in [1.807, 2.05) is 48.8 Å². The van der Waals surface area contributed by atoms with Gasteiger partial charge in [-0.1, -0.05) is 87.3 Å². The molecule has 42 heavy (non-hydrogen) atoms. The summed E-state index contributed by atoms with van der Waals surface area (Å²) in [6, 6.07) is 31.5. The molecule has 0 amide bonds. The predicted octanol–water partition coefficient (Wildman–Crippen LogP) is 9.45. The molecule has 3 heterocycles. The minimum absolute atomic E-state index is 0. The van der Waals surface area contributed by atoms with Gasteiger partial charge in [0.05, 0.1) is 5.58 Å². The van der Waals surface area contributed by atoms with E-state index in [1.54, 1.807) is 0 Å². The van der Waals surface area contributed by atoms with E-state index in [0.29, 0.717) is 0 Å². The summed E-state index contributed by atoms with van der Waals surface area (Å²) < 4.78 is 6.35. The van der Waals surface area contributed by atoms with Crippen LogP contribution in [0.2, 0.25) is 19.6 Å². The van der Waals surface area contributed by atoms with E-state index in [-0.39, 0.29) is 25.5 Å². The minimum Gasteiger partial charge on any atom is -0.501 e. The SMILES string of the molecule is CC(C)(C)c1ccnc(-c2[c-]cc([Si](C)(C)C)c3c2oc2ccccc23)c1.Cc1cnc(-c2[c-]cccc2)cc1C.[Ir]. The van der Waals surface area contributed by atoms with E-state index < -0.39 is 8.07 Å². The van der Waals surface area contributed by atoms with E-state index in [4.69, 9.17) is 4.42 Å². The molecule has 5 heteroatoms. The fourth-order valence-electron chi connectivity index (χ4n) is 4.91. The number of aryl methyl sites for hydroxylation is 2. The molecule has 3 nitrogen and oxygen atoms in total. The summed E-state index contributed by atoms with van der Waals surface area (Å²) >= 11 is 0. The number of fused-ring (bicyclic) bond motifs is 3. The van der Waals surface area contributed by atoms with Gasteiger partial charge in [-0.25, -0.2) is 0 Å². The van der Waals surface area contributed by atoms with E-state index in [2.05, 4.69) is 113 Å². The summed E-state index contributed by atoms with van der Waals surface area (Å²) in [5, 5.41) is 3.81. The Kier molecular flexibility index (Phi) is 9.37. The van der Waals surface area contributed by atoms with Crippen LogP contribution < -0.4 is 5.19 Å². The summed E-state index contributed by atoms with van der Waals surface area (Å²) in [6.07, 6.45) is 3.80. The van der Waals surface area contributed by atoms with Gasteiger partial charge in [-0.2, -0.15) is 0 Å². The number of para-hydroxylation sites is 1. The van der Waals surface area contributed by atoms with Gasteiger partial charge in [-0.15, -0.1) is 53.2 Å². The van der Waals surface area contributed by atoms with Crippen molar-refractivity contribution in [3.63, 3.8) is 0 Å². The van der Waals surface area contributed by atoms with Crippen LogP contribution in [-0.4, -0.2) is 18.0 Å². The molecule has 0 aliphatic heterocycles. The Morgan fingerprint density at radius 3 is 2.21 bits per heavy atom. The quantitative estimate of drug-likeness (QED) is 0.134. The number of aromatic nitrogens is 2. The van der Waals surface area contributed by atoms with Crippen molar-refractivity contribution in [1.82, 2.24) is 9.97 Å². The third-order valence-electron chi connectivity index (χ3n) is 7.50. The Morgan fingerprint density at radius 1 is 0.810 bits per heavy atom. The molecule has 0 aliphatic rings. The van der Waals surface area contributed by atoms with Crippen molar-refractivity contribution in [2.75, 3.05) is 0 Å². The molecule has 0 saturated heterocycles. The van der Waals surface area contributed by atoms with Crippen LogP contribution in [0.1, 0.15) is 37.5 Å². The molecule has 0 atom stereocenters. The first-order valence-electron chi connectivity index (χ1n) is 14.2. The molecule has 3 aromatic heterocycles. The zero-order valence-corrected chi connectivity index (χ0v) is 29.1. The van der Waals surface area contributed by atoms with Crippen molar-refractivity contribution < 1.29 is 24.5 Å². The van der Waals surface area contributed by atoms with Crippen LogP contribution >= 0.6 is 0 Å². The van der Waals surface area contributed by atoms with Gasteiger partial charge in [-0.05, 0) is 53.9 Å². The largest absolute Gasteiger partial charge is 0.501 e. The number of rotatable bonds is 3. The molecule has 3 aromatic carbocycles. The number of pyridine rings is 2. The standard InChI is InChI=1S/C24H26NOSi.C13H12N.Ir/c1-24(2,3)16-13-14-25-19(15-16)17-11-12-21(27(4,5)6)22-18-9-7-8-10-20(18)26-23(17)22;1-10-8-13(14-9-11(10)2)12-6-4-3-5-7-12;/h7-10,12-15H,1-6H3;3-6,8-9H,1-2H3;/q2*-1;. The number of furan rings is 1. The average Bonchev–Trinajstić information content (AvgIpc) is 3.33. The van der Waals surface area contributed by atoms with Crippen LogP contribution in [-0.2, 0) is 25.5 Å². The number of hydrogen-bond donors (Lipinski definition) is 0. The van der Waals surface area contributed by atoms with Crippen LogP contribution in [0.3, 0.4) is 0 Å². The molecule has 6 rings (SSSR count). The topological polar surface area (TPSA) is 38.9 Å². The minimum atomic E-state index is -1.56. The molecule has 0 saturated carbocycles. The maximum atomic E-state index is 6.35. The summed E-state index contributed by atoms with van der Waals surface area (Å²) in [4.78, 5) is 9.03. The van der Waals surface area contributed by atoms with Gasteiger partial charge < -0.3 is 14.4 Å². The van der Waals surface area contributed by atoms with E-state index >= 15 is 0 Å². The zero-order valence-electron chi connectivity index (χ0n) is 25.7. The van der Waals surface area contributed by atoms with Gasteiger partial charge in [-0.3, -0.25) is 0 Å². The van der Waals surface area contributed by atoms with Crippen LogP contribution in [0.25, 0.3) is 44.5 Å². The second-order valence-electron chi connectivity index (χ2n) is 12.7. The Labute approximate surface area is 264 Å². The summed E-state index contributed by atoms with van der Waals surface area (Å²) in [6.45, 7) is 18.0. The van der Waals surface area contributed by atoms with Gasteiger partial charge in [0.2, 0.25) is 0 Å². The van der Waals surface area contributed by atoms with E-state index in [0.717, 1.165) is 33.7 Å². The smallest absolute Gasteiger partial charge is 0.120 e. The van der Waals surface area contributed by atoms with Gasteiger partial charge in [0.25, 0.3) is 0 Å². The van der Waals surface area contributed by atoms with Crippen LogP contribution in [0.4, 0.5) is 0 Å². The molecule has 217 valence electrons. The van der Waals surface area contributed by atoms with Crippen LogP contribution in [0, 0.1) is 26.0 Å². The first-order chi connectivity index (χ1) is 19.4. The normalized spacial score (nSPS) is 11.6. The van der Waals surface area contributed by atoms with Crippen molar-refractivity contribution in [2.45, 2.75) is 59.7 Å². The number of benzene rings is 3. The number of nitrogens with zero attached hydrogens (tertiary/aromatic N) is 2. The van der Waals surface area contributed by atoms with Crippen molar-refractivity contribution in [2.24, 2.45) is 0 Å². The fourth-order valence-corrected chi connectivity index (χ4v) is 6.41. The predicted molar refractivity (Wildman–Crippen MR) is 175 cm³/mol. The van der Waals surface area contributed by atoms with Crippen molar-refractivity contribution >= 4 is 35.2 Å². The number of hydrogen-bond acceptors (Lipinski definition) is 3. The van der Waals surface area contributed by atoms with Crippen LogP contribution in [0.15, 0.2) is 89.6 Å². The van der Waals surface area contributed by atoms with Gasteiger partial charge >= 0.3 is 0 Å². The average molecular weight is 747 g/mol. The Balaban J connectivity index is 0.000000228. The van der Waals surface area contributed by atoms with Gasteiger partial charge in [0.1, 0.15) is 5.58 Å². The summed E-state index contributed by atoms with van der Waals surface area (Å²) in [5.74, 6) is 0. The third-order valence-corrected chi connectivity index (χ3v) is 9.51. The molecular formula is C37H38IrN2OSi-2. The fraction of sp³-hybridized carbons (Fsp3) is 0.243. The van der Waals surface area contributed by atoms with Gasteiger partial charge in [0.15, 0.2) is 0 Å². The molecule has 0 unspecified atom stereocenters. The molecule has 0 fully saturated rings.